The zero-order valence-corrected chi connectivity index (χ0v) is 5.44. The van der Waals surface area contributed by atoms with E-state index in [1.165, 1.54) is 0 Å². The summed E-state index contributed by atoms with van der Waals surface area (Å²) in [6.07, 6.45) is 0. The summed E-state index contributed by atoms with van der Waals surface area (Å²) in [6, 6.07) is 0. The van der Waals surface area contributed by atoms with E-state index >= 15 is 0 Å². The molecule has 2 nitrogen and oxygen atoms in total. The van der Waals surface area contributed by atoms with Crippen molar-refractivity contribution < 1.29 is 9.05 Å². The van der Waals surface area contributed by atoms with Crippen molar-refractivity contribution in [3.8, 4) is 0 Å². The van der Waals surface area contributed by atoms with Crippen LogP contribution in [0.15, 0.2) is 12.4 Å². The van der Waals surface area contributed by atoms with E-state index in [1.54, 1.807) is 20.0 Å². The number of rotatable bonds is 3. The van der Waals surface area contributed by atoms with Crippen LogP contribution in [0.3, 0.4) is 0 Å². The fourth-order valence-electron chi connectivity index (χ4n) is 0.224. The van der Waals surface area contributed by atoms with E-state index in [0.29, 0.717) is 0 Å². The molecule has 0 aliphatic carbocycles. The van der Waals surface area contributed by atoms with Gasteiger partial charge in [-0.1, -0.05) is 6.58 Å². The fourth-order valence-corrected chi connectivity index (χ4v) is 0.671. The van der Waals surface area contributed by atoms with Crippen LogP contribution < -0.4 is 0 Å². The molecule has 0 rings (SSSR count). The molecule has 0 aromatic heterocycles. The monoisotopic (exact) mass is 120 g/mol. The molecule has 0 fully saturated rings. The van der Waals surface area contributed by atoms with Crippen LogP contribution in [0, 0.1) is 0 Å². The highest BCUT2D eigenvalue weighted by Crippen LogP contribution is 2.36. The molecule has 0 heterocycles. The number of hydrogen-bond acceptors (Lipinski definition) is 2. The lowest BCUT2D eigenvalue weighted by Gasteiger charge is -2.03. The van der Waals surface area contributed by atoms with Crippen LogP contribution in [0.2, 0.25) is 0 Å². The molecular formula is C4H9O2P. The molecule has 0 saturated carbocycles. The molecule has 0 atom stereocenters. The van der Waals surface area contributed by atoms with Gasteiger partial charge in [0, 0.05) is 14.2 Å². The molecule has 0 unspecified atom stereocenters. The molecule has 0 amide bonds. The molecule has 0 bridgehead atoms. The molecule has 42 valence electrons. The topological polar surface area (TPSA) is 18.5 Å². The van der Waals surface area contributed by atoms with Gasteiger partial charge in [-0.15, -0.1) is 0 Å². The predicted octanol–water partition coefficient (Wildman–Crippen LogP) is 1.73. The average molecular weight is 120 g/mol. The summed E-state index contributed by atoms with van der Waals surface area (Å²) in [5.74, 6) is 1.65. The van der Waals surface area contributed by atoms with Gasteiger partial charge < -0.3 is 9.05 Å². The number of hydrogen-bond donors (Lipinski definition) is 0. The van der Waals surface area contributed by atoms with E-state index in [4.69, 9.17) is 9.05 Å². The summed E-state index contributed by atoms with van der Waals surface area (Å²) in [4.78, 5) is 0. The van der Waals surface area contributed by atoms with Gasteiger partial charge in [0.1, 0.15) is 0 Å². The minimum Gasteiger partial charge on any atom is -0.334 e. The van der Waals surface area contributed by atoms with Crippen LogP contribution >= 0.6 is 8.38 Å². The van der Waals surface area contributed by atoms with Crippen molar-refractivity contribution in [3.05, 3.63) is 12.4 Å². The summed E-state index contributed by atoms with van der Waals surface area (Å²) in [5.41, 5.74) is 0. The second-order valence-corrected chi connectivity index (χ2v) is 2.50. The van der Waals surface area contributed by atoms with Crippen molar-refractivity contribution in [2.45, 2.75) is 0 Å². The molecule has 0 aromatic carbocycles. The Bertz CT molecular complexity index is 51.7. The lowest BCUT2D eigenvalue weighted by Crippen LogP contribution is -1.73. The Morgan fingerprint density at radius 2 is 1.86 bits per heavy atom. The first kappa shape index (κ1) is 7.09. The first-order valence-electron chi connectivity index (χ1n) is 1.85. The Kier molecular flexibility index (Phi) is 4.31. The Labute approximate surface area is 45.0 Å². The SMILES string of the molecule is C=CP(OC)OC. The maximum atomic E-state index is 4.77. The van der Waals surface area contributed by atoms with Gasteiger partial charge in [0.05, 0.1) is 0 Å². The average Bonchev–Trinajstić information content (AvgIpc) is 1.72. The van der Waals surface area contributed by atoms with Gasteiger partial charge in [-0.2, -0.15) is 0 Å². The Balaban J connectivity index is 3.16. The van der Waals surface area contributed by atoms with E-state index in [9.17, 15) is 0 Å². The summed E-state index contributed by atoms with van der Waals surface area (Å²) in [7, 11) is 2.40. The van der Waals surface area contributed by atoms with Crippen molar-refractivity contribution >= 4 is 8.38 Å². The second kappa shape index (κ2) is 4.25. The maximum Gasteiger partial charge on any atom is 0.196 e. The molecule has 0 aliphatic rings. The Morgan fingerprint density at radius 3 is 1.86 bits per heavy atom. The molecule has 0 N–H and O–H groups in total. The van der Waals surface area contributed by atoms with Gasteiger partial charge >= 0.3 is 0 Å². The summed E-state index contributed by atoms with van der Waals surface area (Å²) in [5, 5.41) is 0. The third-order valence-corrected chi connectivity index (χ3v) is 1.53. The van der Waals surface area contributed by atoms with Gasteiger partial charge in [-0.3, -0.25) is 0 Å². The smallest absolute Gasteiger partial charge is 0.196 e. The summed E-state index contributed by atoms with van der Waals surface area (Å²) >= 11 is 0. The van der Waals surface area contributed by atoms with Gasteiger partial charge in [0.25, 0.3) is 0 Å². The van der Waals surface area contributed by atoms with E-state index < -0.39 is 8.38 Å². The highest BCUT2D eigenvalue weighted by molar-refractivity contribution is 7.50. The molecule has 0 saturated heterocycles. The molecule has 3 heteroatoms. The van der Waals surface area contributed by atoms with Gasteiger partial charge in [0.2, 0.25) is 0 Å². The zero-order valence-electron chi connectivity index (χ0n) is 4.55. The predicted molar refractivity (Wildman–Crippen MR) is 31.1 cm³/mol. The highest BCUT2D eigenvalue weighted by Gasteiger charge is 1.94. The molecule has 0 aliphatic heterocycles. The van der Waals surface area contributed by atoms with Crippen LogP contribution in [-0.2, 0) is 9.05 Å². The van der Waals surface area contributed by atoms with Crippen molar-refractivity contribution in [3.63, 3.8) is 0 Å². The summed E-state index contributed by atoms with van der Waals surface area (Å²) in [6.45, 7) is 3.48. The standard InChI is InChI=1S/C4H9O2P/c1-4-7(5-2)6-3/h4H,1H2,2-3H3. The van der Waals surface area contributed by atoms with E-state index in [2.05, 4.69) is 6.58 Å². The normalized spacial score (nSPS) is 9.57. The zero-order chi connectivity index (χ0) is 5.70. The fraction of sp³-hybridized carbons (Fsp3) is 0.500. The second-order valence-electron chi connectivity index (χ2n) is 0.833. The van der Waals surface area contributed by atoms with Crippen molar-refractivity contribution in [2.75, 3.05) is 14.2 Å². The van der Waals surface area contributed by atoms with E-state index in [-0.39, 0.29) is 0 Å². The first-order valence-corrected chi connectivity index (χ1v) is 3.09. The lowest BCUT2D eigenvalue weighted by atomic mass is 11.3. The maximum absolute atomic E-state index is 4.77. The molecule has 0 radical (unpaired) electrons. The minimum absolute atomic E-state index is 0.790. The third kappa shape index (κ3) is 2.75. The van der Waals surface area contributed by atoms with Gasteiger partial charge in [-0.25, -0.2) is 0 Å². The first-order chi connectivity index (χ1) is 3.35. The quantitative estimate of drug-likeness (QED) is 0.528. The van der Waals surface area contributed by atoms with Crippen LogP contribution in [-0.4, -0.2) is 14.2 Å². The van der Waals surface area contributed by atoms with Crippen LogP contribution in [0.1, 0.15) is 0 Å². The molecular weight excluding hydrogens is 111 g/mol. The largest absolute Gasteiger partial charge is 0.334 e. The Morgan fingerprint density at radius 1 is 1.43 bits per heavy atom. The lowest BCUT2D eigenvalue weighted by molar-refractivity contribution is 0.349. The van der Waals surface area contributed by atoms with E-state index in [1.807, 2.05) is 0 Å². The Hall–Kier alpha value is 0.0900. The third-order valence-electron chi connectivity index (χ3n) is 0.509. The molecule has 0 aromatic rings. The summed E-state index contributed by atoms with van der Waals surface area (Å²) < 4.78 is 9.55. The van der Waals surface area contributed by atoms with Crippen LogP contribution in [0.25, 0.3) is 0 Å². The molecule has 0 spiro atoms. The van der Waals surface area contributed by atoms with Crippen LogP contribution in [0.5, 0.6) is 0 Å². The van der Waals surface area contributed by atoms with Gasteiger partial charge in [0.15, 0.2) is 8.38 Å². The van der Waals surface area contributed by atoms with Crippen LogP contribution in [0.4, 0.5) is 0 Å². The van der Waals surface area contributed by atoms with E-state index in [0.717, 1.165) is 0 Å². The molecule has 7 heavy (non-hydrogen) atoms. The highest BCUT2D eigenvalue weighted by atomic mass is 31.2. The van der Waals surface area contributed by atoms with Crippen molar-refractivity contribution in [1.29, 1.82) is 0 Å². The van der Waals surface area contributed by atoms with Crippen molar-refractivity contribution in [1.82, 2.24) is 0 Å². The van der Waals surface area contributed by atoms with Crippen molar-refractivity contribution in [2.24, 2.45) is 0 Å². The van der Waals surface area contributed by atoms with Gasteiger partial charge in [-0.05, 0) is 5.82 Å². The minimum atomic E-state index is -0.790.